The normalized spacial score (nSPS) is 11.3. The van der Waals surface area contributed by atoms with Crippen molar-refractivity contribution >= 4 is 11.6 Å². The third kappa shape index (κ3) is 5.05. The van der Waals surface area contributed by atoms with Crippen molar-refractivity contribution in [3.8, 4) is 40.4 Å². The van der Waals surface area contributed by atoms with Gasteiger partial charge in [-0.1, -0.05) is 66.2 Å². The molecule has 0 unspecified atom stereocenters. The van der Waals surface area contributed by atoms with E-state index in [-0.39, 0.29) is 22.9 Å². The summed E-state index contributed by atoms with van der Waals surface area (Å²) in [6.45, 7) is -0.173. The zero-order valence-electron chi connectivity index (χ0n) is 20.6. The van der Waals surface area contributed by atoms with Crippen LogP contribution < -0.4 is 10.4 Å². The first-order chi connectivity index (χ1) is 19.2. The minimum atomic E-state index is -4.85. The Kier molecular flexibility index (Phi) is 7.11. The number of aromatic nitrogens is 2. The second-order valence-electron chi connectivity index (χ2n) is 8.71. The molecule has 1 heterocycles. The number of rotatable bonds is 6. The van der Waals surface area contributed by atoms with Crippen LogP contribution in [0.1, 0.15) is 16.7 Å². The van der Waals surface area contributed by atoms with Gasteiger partial charge in [-0.2, -0.15) is 18.4 Å². The molecular formula is C30H19ClF3N3O3. The zero-order chi connectivity index (χ0) is 28.4. The van der Waals surface area contributed by atoms with Crippen LogP contribution in [0.4, 0.5) is 13.2 Å². The summed E-state index contributed by atoms with van der Waals surface area (Å²) >= 11 is 6.54. The molecule has 1 aromatic heterocycles. The standard InChI is InChI=1S/C30H19ClF3N3O3/c31-25-12-7-13-26(40-22-10-5-2-6-11-22)23(25)18-36-27(19-8-3-1-4-9-19)28(38)37(29(36)39)21-15-14-20(17-35)24(16-21)30(32,33)34/h1-16,38H,18H2. The summed E-state index contributed by atoms with van der Waals surface area (Å²) < 4.78 is 49.1. The average Bonchev–Trinajstić information content (AvgIpc) is 3.19. The van der Waals surface area contributed by atoms with Crippen LogP contribution in [-0.2, 0) is 12.7 Å². The zero-order valence-corrected chi connectivity index (χ0v) is 21.3. The minimum absolute atomic E-state index is 0.0640. The van der Waals surface area contributed by atoms with E-state index in [9.17, 15) is 28.3 Å². The maximum absolute atomic E-state index is 13.8. The fourth-order valence-electron chi connectivity index (χ4n) is 4.36. The quantitative estimate of drug-likeness (QED) is 0.234. The average molecular weight is 562 g/mol. The fraction of sp³-hybridized carbons (Fsp3) is 0.0667. The molecular weight excluding hydrogens is 543 g/mol. The Hall–Kier alpha value is -4.94. The number of nitrogens with zero attached hydrogens (tertiary/aromatic N) is 3. The Bertz CT molecular complexity index is 1790. The largest absolute Gasteiger partial charge is 0.493 e. The lowest BCUT2D eigenvalue weighted by Crippen LogP contribution is -2.25. The number of hydrogen-bond donors (Lipinski definition) is 1. The maximum Gasteiger partial charge on any atom is 0.417 e. The third-order valence-electron chi connectivity index (χ3n) is 6.21. The van der Waals surface area contributed by atoms with Gasteiger partial charge >= 0.3 is 11.9 Å². The van der Waals surface area contributed by atoms with Crippen molar-refractivity contribution in [1.29, 1.82) is 5.26 Å². The lowest BCUT2D eigenvalue weighted by atomic mass is 10.1. The van der Waals surface area contributed by atoms with Crippen LogP contribution in [0, 0.1) is 11.3 Å². The summed E-state index contributed by atoms with van der Waals surface area (Å²) in [6, 6.07) is 26.7. The van der Waals surface area contributed by atoms with E-state index in [1.807, 2.05) is 6.07 Å². The van der Waals surface area contributed by atoms with Gasteiger partial charge in [0.05, 0.1) is 29.4 Å². The van der Waals surface area contributed by atoms with Gasteiger partial charge in [0.2, 0.25) is 5.88 Å². The van der Waals surface area contributed by atoms with Crippen molar-refractivity contribution in [2.45, 2.75) is 12.7 Å². The fourth-order valence-corrected chi connectivity index (χ4v) is 4.58. The molecule has 4 aromatic carbocycles. The minimum Gasteiger partial charge on any atom is -0.493 e. The molecule has 0 aliphatic heterocycles. The number of ether oxygens (including phenoxy) is 1. The number of alkyl halides is 3. The number of imidazole rings is 1. The van der Waals surface area contributed by atoms with Gasteiger partial charge in [-0.05, 0) is 42.5 Å². The molecule has 0 saturated carbocycles. The van der Waals surface area contributed by atoms with Gasteiger partial charge in [0.25, 0.3) is 0 Å². The van der Waals surface area contributed by atoms with Crippen molar-refractivity contribution in [1.82, 2.24) is 9.13 Å². The Morgan fingerprint density at radius 3 is 2.25 bits per heavy atom. The smallest absolute Gasteiger partial charge is 0.417 e. The molecule has 6 nitrogen and oxygen atoms in total. The molecule has 40 heavy (non-hydrogen) atoms. The summed E-state index contributed by atoms with van der Waals surface area (Å²) in [5, 5.41) is 20.8. The van der Waals surface area contributed by atoms with Gasteiger partial charge in [-0.15, -0.1) is 0 Å². The second-order valence-corrected chi connectivity index (χ2v) is 9.12. The van der Waals surface area contributed by atoms with Crippen LogP contribution in [0.5, 0.6) is 17.4 Å². The van der Waals surface area contributed by atoms with Gasteiger partial charge in [-0.25, -0.2) is 9.36 Å². The molecule has 10 heteroatoms. The van der Waals surface area contributed by atoms with E-state index in [1.54, 1.807) is 72.8 Å². The van der Waals surface area contributed by atoms with Gasteiger partial charge in [-0.3, -0.25) is 4.57 Å². The van der Waals surface area contributed by atoms with E-state index in [4.69, 9.17) is 16.3 Å². The third-order valence-corrected chi connectivity index (χ3v) is 6.57. The van der Waals surface area contributed by atoms with E-state index in [0.717, 1.165) is 10.6 Å². The predicted octanol–water partition coefficient (Wildman–Crippen LogP) is 7.40. The predicted molar refractivity (Wildman–Crippen MR) is 144 cm³/mol. The number of hydrogen-bond acceptors (Lipinski definition) is 4. The lowest BCUT2D eigenvalue weighted by molar-refractivity contribution is -0.137. The molecule has 0 aliphatic rings. The van der Waals surface area contributed by atoms with Crippen molar-refractivity contribution < 1.29 is 23.0 Å². The molecule has 0 spiro atoms. The SMILES string of the molecule is N#Cc1ccc(-n2c(O)c(-c3ccccc3)n(Cc3c(Cl)cccc3Oc3ccccc3)c2=O)cc1C(F)(F)F. The van der Waals surface area contributed by atoms with E-state index >= 15 is 0 Å². The molecule has 1 N–H and O–H groups in total. The molecule has 5 aromatic rings. The van der Waals surface area contributed by atoms with Gasteiger partial charge in [0.15, 0.2) is 0 Å². The molecule has 0 fully saturated rings. The van der Waals surface area contributed by atoms with Gasteiger partial charge in [0, 0.05) is 16.1 Å². The van der Waals surface area contributed by atoms with Crippen LogP contribution in [0.15, 0.2) is 102 Å². The lowest BCUT2D eigenvalue weighted by Gasteiger charge is -2.14. The molecule has 0 bridgehead atoms. The molecule has 0 radical (unpaired) electrons. The molecule has 5 rings (SSSR count). The van der Waals surface area contributed by atoms with Crippen LogP contribution in [0.2, 0.25) is 5.02 Å². The maximum atomic E-state index is 13.8. The van der Waals surface area contributed by atoms with E-state index in [1.165, 1.54) is 16.7 Å². The van der Waals surface area contributed by atoms with Crippen molar-refractivity contribution in [2.75, 3.05) is 0 Å². The van der Waals surface area contributed by atoms with E-state index in [2.05, 4.69) is 0 Å². The van der Waals surface area contributed by atoms with Gasteiger partial charge < -0.3 is 9.84 Å². The number of aromatic hydroxyl groups is 1. The van der Waals surface area contributed by atoms with Crippen molar-refractivity contribution in [3.05, 3.63) is 129 Å². The Labute approximate surface area is 231 Å². The van der Waals surface area contributed by atoms with Crippen molar-refractivity contribution in [3.63, 3.8) is 0 Å². The number of benzene rings is 4. The highest BCUT2D eigenvalue weighted by molar-refractivity contribution is 6.31. The molecule has 200 valence electrons. The number of para-hydroxylation sites is 1. The first-order valence-electron chi connectivity index (χ1n) is 11.9. The summed E-state index contributed by atoms with van der Waals surface area (Å²) in [4.78, 5) is 13.8. The Balaban J connectivity index is 1.71. The van der Waals surface area contributed by atoms with Gasteiger partial charge in [0.1, 0.15) is 17.2 Å². The van der Waals surface area contributed by atoms with Crippen LogP contribution in [-0.4, -0.2) is 14.2 Å². The van der Waals surface area contributed by atoms with Crippen molar-refractivity contribution in [2.24, 2.45) is 0 Å². The van der Waals surface area contributed by atoms with Crippen LogP contribution in [0.3, 0.4) is 0 Å². The summed E-state index contributed by atoms with van der Waals surface area (Å²) in [6.07, 6.45) is -4.85. The number of nitriles is 1. The summed E-state index contributed by atoms with van der Waals surface area (Å²) in [7, 11) is 0. The Morgan fingerprint density at radius 2 is 1.60 bits per heavy atom. The van der Waals surface area contributed by atoms with E-state index < -0.39 is 28.9 Å². The summed E-state index contributed by atoms with van der Waals surface area (Å²) in [5.74, 6) is 0.306. The molecule has 0 amide bonds. The second kappa shape index (κ2) is 10.7. The highest BCUT2D eigenvalue weighted by Gasteiger charge is 2.35. The topological polar surface area (TPSA) is 80.2 Å². The monoisotopic (exact) mass is 561 g/mol. The van der Waals surface area contributed by atoms with Crippen LogP contribution >= 0.6 is 11.6 Å². The highest BCUT2D eigenvalue weighted by Crippen LogP contribution is 2.37. The van der Waals surface area contributed by atoms with E-state index in [0.29, 0.717) is 28.7 Å². The molecule has 0 atom stereocenters. The highest BCUT2D eigenvalue weighted by atomic mass is 35.5. The first kappa shape index (κ1) is 26.7. The Morgan fingerprint density at radius 1 is 0.925 bits per heavy atom. The number of halogens is 4. The molecule has 0 saturated heterocycles. The first-order valence-corrected chi connectivity index (χ1v) is 12.3. The van der Waals surface area contributed by atoms with Crippen LogP contribution in [0.25, 0.3) is 16.9 Å². The molecule has 0 aliphatic carbocycles. The summed E-state index contributed by atoms with van der Waals surface area (Å²) in [5.41, 5.74) is -1.99.